The van der Waals surface area contributed by atoms with Crippen LogP contribution in [0.15, 0.2) is 12.2 Å². The maximum Gasteiger partial charge on any atom is 0.315 e. The Hall–Kier alpha value is -0.966. The molecule has 0 aromatic heterocycles. The number of hydrogen-bond acceptors (Lipinski definition) is 6. The van der Waals surface area contributed by atoms with Crippen LogP contribution in [-0.2, 0) is 27.9 Å². The summed E-state index contributed by atoms with van der Waals surface area (Å²) in [7, 11) is -2.24. The lowest BCUT2D eigenvalue weighted by Crippen LogP contribution is -2.56. The molecule has 0 amide bonds. The first kappa shape index (κ1) is 24.7. The van der Waals surface area contributed by atoms with Gasteiger partial charge in [0, 0.05) is 17.8 Å². The third-order valence-electron chi connectivity index (χ3n) is 9.65. The van der Waals surface area contributed by atoms with E-state index in [0.29, 0.717) is 0 Å². The first-order chi connectivity index (χ1) is 15.6. The second-order valence-corrected chi connectivity index (χ2v) is 22.7. The van der Waals surface area contributed by atoms with Crippen LogP contribution in [-0.4, -0.2) is 53.5 Å². The predicted molar refractivity (Wildman–Crippen MR) is 134 cm³/mol. The third kappa shape index (κ3) is 3.17. The molecular weight excluding hydrogens is 464 g/mol. The zero-order valence-corrected chi connectivity index (χ0v) is 24.2. The summed E-state index contributed by atoms with van der Waals surface area (Å²) in [5.74, 6) is -0.692. The number of fused-ring (bicyclic) bond motifs is 1. The van der Waals surface area contributed by atoms with Gasteiger partial charge in [0.25, 0.3) is 0 Å². The van der Waals surface area contributed by atoms with Gasteiger partial charge in [0.15, 0.2) is 16.6 Å². The molecule has 1 spiro atoms. The Morgan fingerprint density at radius 2 is 1.76 bits per heavy atom. The van der Waals surface area contributed by atoms with Crippen molar-refractivity contribution in [1.82, 2.24) is 0 Å². The van der Waals surface area contributed by atoms with E-state index in [1.54, 1.807) is 0 Å². The van der Waals surface area contributed by atoms with Gasteiger partial charge in [-0.25, -0.2) is 0 Å². The summed E-state index contributed by atoms with van der Waals surface area (Å²) in [6, 6.07) is 0. The van der Waals surface area contributed by atoms with Gasteiger partial charge in [-0.2, -0.15) is 0 Å². The largest absolute Gasteiger partial charge is 0.469 e. The Labute approximate surface area is 206 Å². The quantitative estimate of drug-likeness (QED) is 0.300. The average molecular weight is 507 g/mol. The van der Waals surface area contributed by atoms with Crippen LogP contribution in [0.1, 0.15) is 39.0 Å². The first-order valence-electron chi connectivity index (χ1n) is 12.9. The van der Waals surface area contributed by atoms with Crippen LogP contribution in [0, 0.1) is 34.5 Å². The van der Waals surface area contributed by atoms with Crippen molar-refractivity contribution >= 4 is 28.6 Å². The second-order valence-electron chi connectivity index (χ2n) is 13.8. The Kier molecular flexibility index (Phi) is 5.30. The highest BCUT2D eigenvalue weighted by atomic mass is 28.4. The number of carbonyl (C=O) groups is 2. The van der Waals surface area contributed by atoms with Gasteiger partial charge in [-0.3, -0.25) is 9.59 Å². The van der Waals surface area contributed by atoms with E-state index >= 15 is 0 Å². The summed E-state index contributed by atoms with van der Waals surface area (Å²) in [5.41, 5.74) is -0.593. The van der Waals surface area contributed by atoms with E-state index in [2.05, 4.69) is 45.9 Å². The number of hydrogen-bond donors (Lipinski definition) is 0. The Balaban J connectivity index is 1.65. The molecule has 6 nitrogen and oxygen atoms in total. The molecule has 4 aliphatic carbocycles. The molecule has 8 heteroatoms. The molecule has 1 heterocycles. The van der Waals surface area contributed by atoms with Gasteiger partial charge >= 0.3 is 11.9 Å². The van der Waals surface area contributed by atoms with Crippen LogP contribution in [0.3, 0.4) is 0 Å². The zero-order chi connectivity index (χ0) is 25.1. The molecule has 2 unspecified atom stereocenters. The van der Waals surface area contributed by atoms with Crippen LogP contribution in [0.25, 0.3) is 0 Å². The van der Waals surface area contributed by atoms with E-state index in [4.69, 9.17) is 18.3 Å². The van der Waals surface area contributed by atoms with Crippen molar-refractivity contribution in [3.8, 4) is 0 Å². The lowest BCUT2D eigenvalue weighted by Gasteiger charge is -2.48. The minimum absolute atomic E-state index is 0.0737. The molecule has 1 aliphatic heterocycles. The summed E-state index contributed by atoms with van der Waals surface area (Å²) in [5, 5.41) is 0. The van der Waals surface area contributed by atoms with Crippen molar-refractivity contribution in [1.29, 1.82) is 0 Å². The van der Waals surface area contributed by atoms with Gasteiger partial charge in [0.1, 0.15) is 5.60 Å². The molecule has 34 heavy (non-hydrogen) atoms. The standard InChI is InChI=1S/C26H42O6Si2/c1-15-13-25-14-16(15)17(31-33(4,5)6)12-18(25)26-11-10-19(32-34(7,8)9)24(2,23(28)30-26)21(26)20(25)22(27)29-3/h16-21H,1,10-14H2,2-9H3/t16?,17-,18-,19+,20-,21-,24?,25+,26-/m1/s1. The fourth-order valence-corrected chi connectivity index (χ4v) is 11.3. The van der Waals surface area contributed by atoms with Crippen LogP contribution in [0.5, 0.6) is 0 Å². The molecule has 5 fully saturated rings. The maximum absolute atomic E-state index is 13.7. The van der Waals surface area contributed by atoms with Gasteiger partial charge < -0.3 is 18.3 Å². The highest BCUT2D eigenvalue weighted by molar-refractivity contribution is 6.70. The van der Waals surface area contributed by atoms with Gasteiger partial charge in [-0.15, -0.1) is 0 Å². The summed E-state index contributed by atoms with van der Waals surface area (Å²) in [4.78, 5) is 27.3. The SMILES string of the molecule is C=C1C[C@]23CC1[C@H](O[Si](C)(C)C)C[C@H]2[C@@]12CC[C@H](O[Si](C)(C)C)C(C)(C(=O)O1)[C@H]2[C@@H]3C(=O)OC. The third-order valence-corrected chi connectivity index (χ3v) is 11.7. The normalized spacial score (nSPS) is 47.3. The molecule has 0 aromatic rings. The van der Waals surface area contributed by atoms with Crippen molar-refractivity contribution in [3.63, 3.8) is 0 Å². The van der Waals surface area contributed by atoms with Crippen molar-refractivity contribution in [2.45, 2.75) is 96.1 Å². The van der Waals surface area contributed by atoms with Crippen LogP contribution in [0.2, 0.25) is 39.3 Å². The van der Waals surface area contributed by atoms with Crippen molar-refractivity contribution in [2.75, 3.05) is 7.11 Å². The van der Waals surface area contributed by atoms with Crippen molar-refractivity contribution < 1.29 is 27.9 Å². The topological polar surface area (TPSA) is 71.1 Å². The fraction of sp³-hybridized carbons (Fsp3) is 0.846. The summed E-state index contributed by atoms with van der Waals surface area (Å²) in [6.07, 6.45) is 3.85. The van der Waals surface area contributed by atoms with Crippen molar-refractivity contribution in [3.05, 3.63) is 12.2 Å². The molecule has 5 rings (SSSR count). The molecule has 9 atom stereocenters. The van der Waals surface area contributed by atoms with Gasteiger partial charge in [0.2, 0.25) is 0 Å². The minimum atomic E-state index is -1.92. The summed E-state index contributed by atoms with van der Waals surface area (Å²) >= 11 is 0. The molecular formula is C26H42O6Si2. The number of carbonyl (C=O) groups excluding carboxylic acids is 2. The summed E-state index contributed by atoms with van der Waals surface area (Å²) < 4.78 is 25.3. The van der Waals surface area contributed by atoms with Gasteiger partial charge in [-0.05, 0) is 83.7 Å². The fourth-order valence-electron chi connectivity index (χ4n) is 8.90. The molecule has 4 bridgehead atoms. The second kappa shape index (κ2) is 7.29. The van der Waals surface area contributed by atoms with E-state index in [9.17, 15) is 9.59 Å². The molecule has 0 aromatic carbocycles. The van der Waals surface area contributed by atoms with E-state index in [0.717, 1.165) is 32.1 Å². The molecule has 0 radical (unpaired) electrons. The lowest BCUT2D eigenvalue weighted by atomic mass is 9.59. The Bertz CT molecular complexity index is 937. The molecule has 0 N–H and O–H groups in total. The van der Waals surface area contributed by atoms with Crippen LogP contribution < -0.4 is 0 Å². The van der Waals surface area contributed by atoms with E-state index in [1.165, 1.54) is 12.7 Å². The molecule has 1 saturated heterocycles. The van der Waals surface area contributed by atoms with Crippen LogP contribution >= 0.6 is 0 Å². The van der Waals surface area contributed by atoms with Gasteiger partial charge in [0.05, 0.1) is 30.7 Å². The maximum atomic E-state index is 13.7. The number of methoxy groups -OCH3 is 1. The number of ether oxygens (including phenoxy) is 2. The molecule has 5 aliphatic rings. The highest BCUT2D eigenvalue weighted by Gasteiger charge is 2.84. The van der Waals surface area contributed by atoms with Gasteiger partial charge in [-0.1, -0.05) is 12.2 Å². The summed E-state index contributed by atoms with van der Waals surface area (Å²) in [6.45, 7) is 19.7. The Morgan fingerprint density at radius 3 is 2.35 bits per heavy atom. The van der Waals surface area contributed by atoms with E-state index in [-0.39, 0.29) is 53.2 Å². The zero-order valence-electron chi connectivity index (χ0n) is 22.2. The van der Waals surface area contributed by atoms with Crippen LogP contribution in [0.4, 0.5) is 0 Å². The lowest BCUT2D eigenvalue weighted by molar-refractivity contribution is -0.165. The van der Waals surface area contributed by atoms with E-state index in [1.807, 2.05) is 6.92 Å². The molecule has 4 saturated carbocycles. The molecule has 190 valence electrons. The number of rotatable bonds is 5. The number of esters is 2. The predicted octanol–water partition coefficient (Wildman–Crippen LogP) is 4.91. The monoisotopic (exact) mass is 506 g/mol. The smallest absolute Gasteiger partial charge is 0.315 e. The first-order valence-corrected chi connectivity index (χ1v) is 19.8. The average Bonchev–Trinajstić information content (AvgIpc) is 3.18. The van der Waals surface area contributed by atoms with E-state index < -0.39 is 27.7 Å². The Morgan fingerprint density at radius 1 is 1.12 bits per heavy atom. The van der Waals surface area contributed by atoms with Crippen molar-refractivity contribution in [2.24, 2.45) is 34.5 Å². The minimum Gasteiger partial charge on any atom is -0.469 e. The highest BCUT2D eigenvalue weighted by Crippen LogP contribution is 2.78.